The highest BCUT2D eigenvalue weighted by Crippen LogP contribution is 2.15. The molecule has 1 N–H and O–H groups in total. The van der Waals surface area contributed by atoms with Gasteiger partial charge in [0.15, 0.2) is 0 Å². The smallest absolute Gasteiger partial charge is 0.222 e. The molecule has 2 heterocycles. The van der Waals surface area contributed by atoms with E-state index in [0.29, 0.717) is 12.5 Å². The van der Waals surface area contributed by atoms with Crippen molar-refractivity contribution in [3.8, 4) is 0 Å². The molecule has 0 atom stereocenters. The second-order valence-corrected chi connectivity index (χ2v) is 4.65. The van der Waals surface area contributed by atoms with Gasteiger partial charge in [-0.15, -0.1) is 11.8 Å². The van der Waals surface area contributed by atoms with Crippen LogP contribution in [-0.2, 0) is 6.54 Å². The van der Waals surface area contributed by atoms with Crippen molar-refractivity contribution in [2.75, 3.05) is 11.1 Å². The molecular weight excluding hydrogens is 232 g/mol. The first-order valence-electron chi connectivity index (χ1n) is 5.47. The quantitative estimate of drug-likeness (QED) is 0.822. The van der Waals surface area contributed by atoms with Gasteiger partial charge in [0.05, 0.1) is 5.03 Å². The van der Waals surface area contributed by atoms with Crippen molar-refractivity contribution in [3.63, 3.8) is 0 Å². The van der Waals surface area contributed by atoms with Crippen molar-refractivity contribution in [2.45, 2.75) is 18.5 Å². The second-order valence-electron chi connectivity index (χ2n) is 3.36. The fraction of sp³-hybridized carbons (Fsp3) is 0.250. The molecular formula is C12H14N4S. The Morgan fingerprint density at radius 1 is 1.18 bits per heavy atom. The molecule has 0 unspecified atom stereocenters. The van der Waals surface area contributed by atoms with Crippen LogP contribution in [0.25, 0.3) is 0 Å². The maximum Gasteiger partial charge on any atom is 0.222 e. The van der Waals surface area contributed by atoms with E-state index in [1.165, 1.54) is 5.56 Å². The van der Waals surface area contributed by atoms with Crippen molar-refractivity contribution in [2.24, 2.45) is 0 Å². The Morgan fingerprint density at radius 3 is 2.76 bits per heavy atom. The molecule has 4 nitrogen and oxygen atoms in total. The Bertz CT molecular complexity index is 461. The Balaban J connectivity index is 1.97. The first kappa shape index (κ1) is 11.9. The largest absolute Gasteiger partial charge is 0.350 e. The lowest BCUT2D eigenvalue weighted by Crippen LogP contribution is -2.03. The van der Waals surface area contributed by atoms with E-state index in [4.69, 9.17) is 0 Å². The maximum absolute atomic E-state index is 4.29. The zero-order valence-electron chi connectivity index (χ0n) is 9.63. The number of anilines is 1. The summed E-state index contributed by atoms with van der Waals surface area (Å²) in [4.78, 5) is 12.5. The molecule has 0 spiro atoms. The van der Waals surface area contributed by atoms with E-state index in [2.05, 4.69) is 33.3 Å². The molecule has 0 amide bonds. The van der Waals surface area contributed by atoms with Gasteiger partial charge in [-0.25, -0.2) is 15.0 Å². The average molecular weight is 246 g/mol. The van der Waals surface area contributed by atoms with Crippen molar-refractivity contribution < 1.29 is 0 Å². The zero-order valence-corrected chi connectivity index (χ0v) is 10.4. The highest BCUT2D eigenvalue weighted by atomic mass is 32.2. The lowest BCUT2D eigenvalue weighted by Gasteiger charge is -2.05. The number of nitrogens with zero attached hydrogens (tertiary/aromatic N) is 3. The molecule has 0 bridgehead atoms. The average Bonchev–Trinajstić information content (AvgIpc) is 2.39. The molecule has 0 radical (unpaired) electrons. The van der Waals surface area contributed by atoms with Crippen LogP contribution in [0.4, 0.5) is 5.95 Å². The SMILES string of the molecule is CCSc1cc(CNc2ncccn2)ccn1. The summed E-state index contributed by atoms with van der Waals surface area (Å²) in [5.41, 5.74) is 1.18. The molecule has 17 heavy (non-hydrogen) atoms. The molecule has 0 aliphatic carbocycles. The molecule has 2 aromatic rings. The molecule has 2 aromatic heterocycles. The van der Waals surface area contributed by atoms with Crippen molar-refractivity contribution in [1.82, 2.24) is 15.0 Å². The van der Waals surface area contributed by atoms with Gasteiger partial charge in [0.1, 0.15) is 0 Å². The van der Waals surface area contributed by atoms with Crippen molar-refractivity contribution >= 4 is 17.7 Å². The summed E-state index contributed by atoms with van der Waals surface area (Å²) >= 11 is 1.74. The van der Waals surface area contributed by atoms with Crippen molar-refractivity contribution in [3.05, 3.63) is 42.4 Å². The van der Waals surface area contributed by atoms with Gasteiger partial charge >= 0.3 is 0 Å². The fourth-order valence-corrected chi connectivity index (χ4v) is 2.02. The first-order chi connectivity index (χ1) is 8.38. The van der Waals surface area contributed by atoms with Crippen LogP contribution in [0.15, 0.2) is 41.8 Å². The third-order valence-electron chi connectivity index (χ3n) is 2.11. The van der Waals surface area contributed by atoms with E-state index >= 15 is 0 Å². The van der Waals surface area contributed by atoms with Crippen LogP contribution in [0, 0.1) is 0 Å². The molecule has 5 heteroatoms. The standard InChI is InChI=1S/C12H14N4S/c1-2-17-11-8-10(4-7-13-11)9-16-12-14-5-3-6-15-12/h3-8H,2,9H2,1H3,(H,14,15,16). The van der Waals surface area contributed by atoms with Gasteiger partial charge in [-0.2, -0.15) is 0 Å². The first-order valence-corrected chi connectivity index (χ1v) is 6.45. The maximum atomic E-state index is 4.29. The van der Waals surface area contributed by atoms with Crippen LogP contribution in [0.1, 0.15) is 12.5 Å². The van der Waals surface area contributed by atoms with Gasteiger partial charge in [-0.05, 0) is 29.5 Å². The molecule has 0 aliphatic heterocycles. The predicted octanol–water partition coefficient (Wildman–Crippen LogP) is 2.60. The normalized spacial score (nSPS) is 10.2. The highest BCUT2D eigenvalue weighted by molar-refractivity contribution is 7.99. The summed E-state index contributed by atoms with van der Waals surface area (Å²) in [5, 5.41) is 4.23. The van der Waals surface area contributed by atoms with Gasteiger partial charge in [0.25, 0.3) is 0 Å². The molecule has 0 aliphatic rings. The second kappa shape index (κ2) is 6.20. The Kier molecular flexibility index (Phi) is 4.32. The summed E-state index contributed by atoms with van der Waals surface area (Å²) < 4.78 is 0. The molecule has 0 fully saturated rings. The number of thioether (sulfide) groups is 1. The van der Waals surface area contributed by atoms with Crippen molar-refractivity contribution in [1.29, 1.82) is 0 Å². The van der Waals surface area contributed by atoms with Gasteiger partial charge in [-0.1, -0.05) is 6.92 Å². The van der Waals surface area contributed by atoms with E-state index < -0.39 is 0 Å². The zero-order chi connectivity index (χ0) is 11.9. The monoisotopic (exact) mass is 246 g/mol. The number of aromatic nitrogens is 3. The number of hydrogen-bond donors (Lipinski definition) is 1. The van der Waals surface area contributed by atoms with E-state index in [0.717, 1.165) is 10.8 Å². The van der Waals surface area contributed by atoms with Gasteiger partial charge in [0, 0.05) is 25.1 Å². The molecule has 0 saturated carbocycles. The minimum Gasteiger partial charge on any atom is -0.350 e. The van der Waals surface area contributed by atoms with E-state index in [9.17, 15) is 0 Å². The highest BCUT2D eigenvalue weighted by Gasteiger charge is 1.98. The van der Waals surface area contributed by atoms with Crippen LogP contribution in [0.2, 0.25) is 0 Å². The van der Waals surface area contributed by atoms with E-state index in [1.807, 2.05) is 12.3 Å². The lowest BCUT2D eigenvalue weighted by molar-refractivity contribution is 1.02. The topological polar surface area (TPSA) is 50.7 Å². The number of nitrogens with one attached hydrogen (secondary N) is 1. The fourth-order valence-electron chi connectivity index (χ4n) is 1.36. The van der Waals surface area contributed by atoms with Gasteiger partial charge in [-0.3, -0.25) is 0 Å². The van der Waals surface area contributed by atoms with Crippen LogP contribution in [0.3, 0.4) is 0 Å². The molecule has 0 saturated heterocycles. The van der Waals surface area contributed by atoms with Crippen LogP contribution in [0.5, 0.6) is 0 Å². The van der Waals surface area contributed by atoms with Gasteiger partial charge < -0.3 is 5.32 Å². The van der Waals surface area contributed by atoms with Crippen LogP contribution < -0.4 is 5.32 Å². The minimum atomic E-state index is 0.647. The van der Waals surface area contributed by atoms with Gasteiger partial charge in [0.2, 0.25) is 5.95 Å². The number of rotatable bonds is 5. The predicted molar refractivity (Wildman–Crippen MR) is 70.0 cm³/mol. The molecule has 88 valence electrons. The Morgan fingerprint density at radius 2 is 2.00 bits per heavy atom. The van der Waals surface area contributed by atoms with E-state index in [1.54, 1.807) is 30.2 Å². The Hall–Kier alpha value is -1.62. The van der Waals surface area contributed by atoms with E-state index in [-0.39, 0.29) is 0 Å². The lowest BCUT2D eigenvalue weighted by atomic mass is 10.3. The third kappa shape index (κ3) is 3.71. The minimum absolute atomic E-state index is 0.647. The molecule has 2 rings (SSSR count). The Labute approximate surface area is 105 Å². The van der Waals surface area contributed by atoms with Crippen LogP contribution in [-0.4, -0.2) is 20.7 Å². The number of pyridine rings is 1. The summed E-state index contributed by atoms with van der Waals surface area (Å²) in [5.74, 6) is 1.68. The molecule has 0 aromatic carbocycles. The third-order valence-corrected chi connectivity index (χ3v) is 2.92. The summed E-state index contributed by atoms with van der Waals surface area (Å²) in [7, 11) is 0. The summed E-state index contributed by atoms with van der Waals surface area (Å²) in [6.45, 7) is 2.83. The number of hydrogen-bond acceptors (Lipinski definition) is 5. The van der Waals surface area contributed by atoms with Crippen LogP contribution >= 0.6 is 11.8 Å². The summed E-state index contributed by atoms with van der Waals surface area (Å²) in [6, 6.07) is 5.88. The summed E-state index contributed by atoms with van der Waals surface area (Å²) in [6.07, 6.45) is 5.28.